The molecule has 3 atom stereocenters. The van der Waals surface area contributed by atoms with Crippen LogP contribution in [-0.4, -0.2) is 24.2 Å². The van der Waals surface area contributed by atoms with Crippen LogP contribution in [0, 0.1) is 5.92 Å². The predicted molar refractivity (Wildman–Crippen MR) is 78.3 cm³/mol. The molecule has 0 spiro atoms. The van der Waals surface area contributed by atoms with Gasteiger partial charge in [0.05, 0.1) is 17.9 Å². The molecule has 2 heterocycles. The van der Waals surface area contributed by atoms with Crippen LogP contribution in [0.3, 0.4) is 0 Å². The molecule has 5 heteroatoms. The molecule has 1 amide bonds. The first kappa shape index (κ1) is 13.6. The second-order valence-electron chi connectivity index (χ2n) is 6.43. The number of carbonyl (C=O) groups is 2. The van der Waals surface area contributed by atoms with Gasteiger partial charge in [-0.2, -0.15) is 0 Å². The Morgan fingerprint density at radius 3 is 2.91 bits per heavy atom. The average Bonchev–Trinajstić information content (AvgIpc) is 3.10. The molecule has 116 valence electrons. The molecular weight excluding hydrogens is 282 g/mol. The molecule has 5 nitrogen and oxygen atoms in total. The van der Waals surface area contributed by atoms with Crippen molar-refractivity contribution in [2.24, 2.45) is 5.92 Å². The van der Waals surface area contributed by atoms with Crippen LogP contribution >= 0.6 is 0 Å². The van der Waals surface area contributed by atoms with Crippen LogP contribution in [0.5, 0.6) is 0 Å². The molecule has 4 rings (SSSR count). The van der Waals surface area contributed by atoms with Crippen LogP contribution in [0.4, 0.5) is 0 Å². The van der Waals surface area contributed by atoms with Crippen molar-refractivity contribution in [2.75, 3.05) is 0 Å². The molecule has 0 saturated carbocycles. The second-order valence-corrected chi connectivity index (χ2v) is 6.43. The Morgan fingerprint density at radius 2 is 2.14 bits per heavy atom. The van der Waals surface area contributed by atoms with Crippen molar-refractivity contribution in [1.29, 1.82) is 0 Å². The van der Waals surface area contributed by atoms with Crippen molar-refractivity contribution in [3.63, 3.8) is 0 Å². The molecule has 1 fully saturated rings. The molecule has 1 saturated heterocycles. The van der Waals surface area contributed by atoms with E-state index >= 15 is 0 Å². The second kappa shape index (κ2) is 5.00. The number of fused-ring (bicyclic) bond motifs is 2. The SMILES string of the molecule is CC1=CC(O/C=C2/C(=O)N[C@@H]3C4=C(CCCC4)CC23)OC1=O. The summed E-state index contributed by atoms with van der Waals surface area (Å²) >= 11 is 0. The summed E-state index contributed by atoms with van der Waals surface area (Å²) in [5.74, 6) is -0.245. The number of amides is 1. The van der Waals surface area contributed by atoms with Gasteiger partial charge in [-0.25, -0.2) is 4.79 Å². The molecule has 2 unspecified atom stereocenters. The van der Waals surface area contributed by atoms with Crippen molar-refractivity contribution in [3.8, 4) is 0 Å². The lowest BCUT2D eigenvalue weighted by molar-refractivity contribution is -0.152. The Kier molecular flexibility index (Phi) is 3.10. The van der Waals surface area contributed by atoms with E-state index in [9.17, 15) is 9.59 Å². The Hall–Kier alpha value is -2.04. The van der Waals surface area contributed by atoms with Crippen LogP contribution in [0.25, 0.3) is 0 Å². The lowest BCUT2D eigenvalue weighted by Crippen LogP contribution is -2.28. The van der Waals surface area contributed by atoms with Crippen molar-refractivity contribution in [1.82, 2.24) is 5.32 Å². The van der Waals surface area contributed by atoms with Gasteiger partial charge in [-0.15, -0.1) is 0 Å². The third kappa shape index (κ3) is 2.07. The van der Waals surface area contributed by atoms with E-state index in [2.05, 4.69) is 5.32 Å². The van der Waals surface area contributed by atoms with E-state index in [1.165, 1.54) is 30.2 Å². The number of allylic oxidation sites excluding steroid dienone is 1. The minimum absolute atomic E-state index is 0.0582. The van der Waals surface area contributed by atoms with Gasteiger partial charge in [-0.3, -0.25) is 4.79 Å². The van der Waals surface area contributed by atoms with Gasteiger partial charge in [0.1, 0.15) is 0 Å². The van der Waals surface area contributed by atoms with Gasteiger partial charge in [0.15, 0.2) is 0 Å². The van der Waals surface area contributed by atoms with E-state index in [4.69, 9.17) is 9.47 Å². The zero-order chi connectivity index (χ0) is 15.3. The number of hydrogen-bond acceptors (Lipinski definition) is 4. The summed E-state index contributed by atoms with van der Waals surface area (Å²) in [7, 11) is 0. The molecule has 0 aromatic carbocycles. The van der Waals surface area contributed by atoms with E-state index in [1.807, 2.05) is 0 Å². The van der Waals surface area contributed by atoms with Gasteiger partial charge in [0, 0.05) is 17.6 Å². The van der Waals surface area contributed by atoms with Gasteiger partial charge in [0.25, 0.3) is 12.2 Å². The highest BCUT2D eigenvalue weighted by atomic mass is 16.7. The lowest BCUT2D eigenvalue weighted by Gasteiger charge is -2.18. The minimum atomic E-state index is -0.712. The molecule has 0 aromatic heterocycles. The minimum Gasteiger partial charge on any atom is -0.458 e. The number of carbonyl (C=O) groups excluding carboxylic acids is 2. The van der Waals surface area contributed by atoms with Gasteiger partial charge < -0.3 is 14.8 Å². The summed E-state index contributed by atoms with van der Waals surface area (Å²) in [4.78, 5) is 23.5. The van der Waals surface area contributed by atoms with Gasteiger partial charge in [0.2, 0.25) is 0 Å². The molecule has 22 heavy (non-hydrogen) atoms. The summed E-state index contributed by atoms with van der Waals surface area (Å²) in [6, 6.07) is 0.154. The van der Waals surface area contributed by atoms with Crippen molar-refractivity contribution >= 4 is 11.9 Å². The number of rotatable bonds is 2. The topological polar surface area (TPSA) is 64.6 Å². The summed E-state index contributed by atoms with van der Waals surface area (Å²) < 4.78 is 10.5. The fourth-order valence-electron chi connectivity index (χ4n) is 3.95. The van der Waals surface area contributed by atoms with Gasteiger partial charge >= 0.3 is 5.97 Å². The van der Waals surface area contributed by atoms with Crippen LogP contribution in [0.2, 0.25) is 0 Å². The van der Waals surface area contributed by atoms with E-state index in [0.29, 0.717) is 11.1 Å². The van der Waals surface area contributed by atoms with Gasteiger partial charge in [-0.1, -0.05) is 5.57 Å². The molecule has 0 bridgehead atoms. The molecule has 0 aromatic rings. The molecule has 2 aliphatic heterocycles. The van der Waals surface area contributed by atoms with Crippen molar-refractivity contribution in [2.45, 2.75) is 51.4 Å². The van der Waals surface area contributed by atoms with Crippen LogP contribution in [0.15, 0.2) is 34.6 Å². The van der Waals surface area contributed by atoms with E-state index in [-0.39, 0.29) is 23.8 Å². The normalized spacial score (nSPS) is 35.2. The summed E-state index contributed by atoms with van der Waals surface area (Å²) in [6.45, 7) is 1.69. The lowest BCUT2D eigenvalue weighted by atomic mass is 9.92. The largest absolute Gasteiger partial charge is 0.458 e. The zero-order valence-corrected chi connectivity index (χ0v) is 12.6. The van der Waals surface area contributed by atoms with Crippen LogP contribution < -0.4 is 5.32 Å². The fourth-order valence-corrected chi connectivity index (χ4v) is 3.95. The molecule has 2 aliphatic carbocycles. The van der Waals surface area contributed by atoms with E-state index in [0.717, 1.165) is 19.3 Å². The smallest absolute Gasteiger partial charge is 0.336 e. The summed E-state index contributed by atoms with van der Waals surface area (Å²) in [5, 5.41) is 3.09. The third-order valence-electron chi connectivity index (χ3n) is 5.08. The Bertz CT molecular complexity index is 643. The van der Waals surface area contributed by atoms with Crippen molar-refractivity contribution < 1.29 is 19.1 Å². The monoisotopic (exact) mass is 301 g/mol. The number of ether oxygens (including phenoxy) is 2. The molecular formula is C17H19NO4. The number of esters is 1. The maximum atomic E-state index is 12.2. The summed E-state index contributed by atoms with van der Waals surface area (Å²) in [6.07, 6.45) is 8.09. The molecule has 0 radical (unpaired) electrons. The highest BCUT2D eigenvalue weighted by molar-refractivity contribution is 5.97. The fraction of sp³-hybridized carbons (Fsp3) is 0.529. The Morgan fingerprint density at radius 1 is 1.32 bits per heavy atom. The predicted octanol–water partition coefficient (Wildman–Crippen LogP) is 2.10. The zero-order valence-electron chi connectivity index (χ0n) is 12.6. The van der Waals surface area contributed by atoms with E-state index < -0.39 is 6.29 Å². The van der Waals surface area contributed by atoms with Crippen LogP contribution in [-0.2, 0) is 19.1 Å². The maximum Gasteiger partial charge on any atom is 0.336 e. The quantitative estimate of drug-likeness (QED) is 0.367. The third-order valence-corrected chi connectivity index (χ3v) is 5.08. The van der Waals surface area contributed by atoms with Crippen LogP contribution in [0.1, 0.15) is 39.0 Å². The Labute approximate surface area is 129 Å². The first-order chi connectivity index (χ1) is 10.6. The highest BCUT2D eigenvalue weighted by Crippen LogP contribution is 2.46. The highest BCUT2D eigenvalue weighted by Gasteiger charge is 2.45. The summed E-state index contributed by atoms with van der Waals surface area (Å²) in [5.41, 5.74) is 4.18. The maximum absolute atomic E-state index is 12.2. The van der Waals surface area contributed by atoms with Crippen molar-refractivity contribution in [3.05, 3.63) is 34.6 Å². The number of nitrogens with one attached hydrogen (secondary N) is 1. The number of cyclic esters (lactones) is 1. The average molecular weight is 301 g/mol. The van der Waals surface area contributed by atoms with Gasteiger partial charge in [-0.05, 0) is 44.6 Å². The molecule has 1 N–H and O–H groups in total. The van der Waals surface area contributed by atoms with E-state index in [1.54, 1.807) is 13.0 Å². The standard InChI is InChI=1S/C17H19NO4/c1-9-6-14(22-17(9)20)21-8-13-12-7-10-4-2-3-5-11(10)15(12)18-16(13)19/h6,8,12,14-15H,2-5,7H2,1H3,(H,18,19)/b13-8+/t12?,14?,15-/m1/s1. The Balaban J connectivity index is 1.50. The first-order valence-corrected chi connectivity index (χ1v) is 7.90. The number of hydrogen-bond donors (Lipinski definition) is 1. The first-order valence-electron chi connectivity index (χ1n) is 7.90. The molecule has 4 aliphatic rings.